The van der Waals surface area contributed by atoms with Gasteiger partial charge in [-0.25, -0.2) is 0 Å². The number of piperidine rings is 1. The van der Waals surface area contributed by atoms with Gasteiger partial charge in [0.05, 0.1) is 16.8 Å². The molecule has 5 rings (SSSR count). The second-order valence-corrected chi connectivity index (χ2v) is 11.7. The highest BCUT2D eigenvalue weighted by molar-refractivity contribution is 6.18. The zero-order chi connectivity index (χ0) is 25.7. The Kier molecular flexibility index (Phi) is 6.56. The third kappa shape index (κ3) is 4.00. The van der Waals surface area contributed by atoms with E-state index in [9.17, 15) is 9.59 Å². The first-order valence-corrected chi connectivity index (χ1v) is 13.8. The fraction of sp³-hybridized carbons (Fsp3) is 0.655. The predicted octanol–water partition coefficient (Wildman–Crippen LogP) is 3.69. The van der Waals surface area contributed by atoms with Crippen LogP contribution in [0.2, 0.25) is 0 Å². The summed E-state index contributed by atoms with van der Waals surface area (Å²) in [5.74, 6) is 0.504. The highest BCUT2D eigenvalue weighted by atomic mass is 16.2. The van der Waals surface area contributed by atoms with Gasteiger partial charge in [-0.05, 0) is 68.6 Å². The second-order valence-electron chi connectivity index (χ2n) is 11.7. The first-order valence-electron chi connectivity index (χ1n) is 13.8. The predicted molar refractivity (Wildman–Crippen MR) is 144 cm³/mol. The molecule has 1 unspecified atom stereocenters. The van der Waals surface area contributed by atoms with Crippen LogP contribution in [-0.2, 0) is 21.4 Å². The van der Waals surface area contributed by atoms with E-state index in [1.807, 2.05) is 4.90 Å². The molecule has 2 amide bonds. The minimum atomic E-state index is -0.732. The van der Waals surface area contributed by atoms with Crippen molar-refractivity contribution in [1.29, 1.82) is 0 Å². The number of likely N-dealkylation sites (tertiary alicyclic amines) is 1. The van der Waals surface area contributed by atoms with E-state index in [0.29, 0.717) is 31.7 Å². The lowest BCUT2D eigenvalue weighted by molar-refractivity contribution is -0.161. The Bertz CT molecular complexity index is 1090. The summed E-state index contributed by atoms with van der Waals surface area (Å²) in [6.45, 7) is 13.6. The van der Waals surface area contributed by atoms with Crippen molar-refractivity contribution < 1.29 is 9.59 Å². The highest BCUT2D eigenvalue weighted by Crippen LogP contribution is 2.43. The van der Waals surface area contributed by atoms with Gasteiger partial charge >= 0.3 is 0 Å². The van der Waals surface area contributed by atoms with E-state index in [1.165, 1.54) is 16.7 Å². The van der Waals surface area contributed by atoms with Crippen molar-refractivity contribution in [3.63, 3.8) is 0 Å². The molecule has 7 nitrogen and oxygen atoms in total. The van der Waals surface area contributed by atoms with Crippen LogP contribution in [-0.4, -0.2) is 70.8 Å². The summed E-state index contributed by atoms with van der Waals surface area (Å²) in [4.78, 5) is 31.6. The smallest absolute Gasteiger partial charge is 0.246 e. The van der Waals surface area contributed by atoms with Gasteiger partial charge in [0.1, 0.15) is 11.6 Å². The Labute approximate surface area is 215 Å². The number of benzene rings is 1. The summed E-state index contributed by atoms with van der Waals surface area (Å²) in [6.07, 6.45) is 5.00. The van der Waals surface area contributed by atoms with Gasteiger partial charge in [0.15, 0.2) is 0 Å². The van der Waals surface area contributed by atoms with Crippen molar-refractivity contribution in [3.8, 4) is 0 Å². The number of carbonyl (C=O) groups excluding carboxylic acids is 2. The fourth-order valence-electron chi connectivity index (χ4n) is 6.68. The van der Waals surface area contributed by atoms with Crippen LogP contribution in [0.25, 0.3) is 0 Å². The Balaban J connectivity index is 1.37. The molecule has 1 aromatic rings. The van der Waals surface area contributed by atoms with Gasteiger partial charge in [-0.1, -0.05) is 45.4 Å². The largest absolute Gasteiger partial charge is 0.342 e. The molecule has 2 fully saturated rings. The third-order valence-electron chi connectivity index (χ3n) is 8.96. The number of amides is 2. The lowest BCUT2D eigenvalue weighted by atomic mass is 9.72. The van der Waals surface area contributed by atoms with Crippen molar-refractivity contribution in [1.82, 2.24) is 15.1 Å². The van der Waals surface area contributed by atoms with Crippen LogP contribution in [0.3, 0.4) is 0 Å². The van der Waals surface area contributed by atoms with E-state index in [-0.39, 0.29) is 17.2 Å². The summed E-state index contributed by atoms with van der Waals surface area (Å²) in [6, 6.07) is 6.21. The van der Waals surface area contributed by atoms with Crippen LogP contribution in [0.4, 0.5) is 0 Å². The highest BCUT2D eigenvalue weighted by Gasteiger charge is 2.54. The molecular weight excluding hydrogens is 450 g/mol. The van der Waals surface area contributed by atoms with E-state index in [4.69, 9.17) is 0 Å². The van der Waals surface area contributed by atoms with Gasteiger partial charge in [0, 0.05) is 26.2 Å². The number of fused-ring (bicyclic) bond motifs is 1. The minimum absolute atomic E-state index is 0.0440. The van der Waals surface area contributed by atoms with E-state index in [2.05, 4.69) is 73.2 Å². The molecule has 3 aliphatic heterocycles. The molecule has 1 aromatic carbocycles. The average molecular weight is 492 g/mol. The molecule has 2 saturated heterocycles. The molecule has 0 saturated carbocycles. The van der Waals surface area contributed by atoms with Crippen molar-refractivity contribution >= 4 is 23.2 Å². The summed E-state index contributed by atoms with van der Waals surface area (Å²) in [5, 5.41) is 12.2. The number of rotatable bonds is 8. The van der Waals surface area contributed by atoms with Crippen LogP contribution in [0.5, 0.6) is 0 Å². The van der Waals surface area contributed by atoms with Gasteiger partial charge in [0.25, 0.3) is 0 Å². The van der Waals surface area contributed by atoms with E-state index < -0.39 is 11.6 Å². The molecule has 4 aliphatic rings. The van der Waals surface area contributed by atoms with Crippen LogP contribution in [0, 0.1) is 5.92 Å². The Morgan fingerprint density at radius 3 is 2.44 bits per heavy atom. The minimum Gasteiger partial charge on any atom is -0.342 e. The number of nitrogens with one attached hydrogen (secondary N) is 1. The number of hydrogen-bond acceptors (Lipinski definition) is 5. The van der Waals surface area contributed by atoms with Gasteiger partial charge in [-0.15, -0.1) is 0 Å². The van der Waals surface area contributed by atoms with Crippen LogP contribution in [0.1, 0.15) is 83.4 Å². The van der Waals surface area contributed by atoms with Gasteiger partial charge in [0.2, 0.25) is 11.8 Å². The number of hydrogen-bond donors (Lipinski definition) is 1. The topological polar surface area (TPSA) is 77.4 Å². The maximum absolute atomic E-state index is 13.6. The molecular formula is C29H41N5O2. The van der Waals surface area contributed by atoms with Crippen molar-refractivity contribution in [2.45, 2.75) is 90.1 Å². The van der Waals surface area contributed by atoms with E-state index in [0.717, 1.165) is 50.3 Å². The normalized spacial score (nSPS) is 24.6. The first kappa shape index (κ1) is 25.1. The summed E-state index contributed by atoms with van der Waals surface area (Å²) in [7, 11) is 0. The molecule has 3 heterocycles. The second kappa shape index (κ2) is 9.40. The third-order valence-corrected chi connectivity index (χ3v) is 8.96. The standard InChI is InChI=1S/C29H41N5O2/c1-6-7-13-34-26(35)25(16-19(2)3)30-27(36)28(34)11-14-33(15-12-28)18-29(20(4)31-32-21(29)5)24-10-8-9-22-17-23(22)24/h8-10,19,25H,6-7,11-18H2,1-5H3,(H,30,36). The fourth-order valence-corrected chi connectivity index (χ4v) is 6.68. The molecule has 1 N–H and O–H groups in total. The number of unbranched alkanes of at least 4 members (excludes halogenated alkanes) is 1. The molecule has 194 valence electrons. The molecule has 1 atom stereocenters. The summed E-state index contributed by atoms with van der Waals surface area (Å²) < 4.78 is 0. The molecule has 0 aromatic heterocycles. The molecule has 36 heavy (non-hydrogen) atoms. The van der Waals surface area contributed by atoms with Crippen molar-refractivity contribution in [2.24, 2.45) is 16.1 Å². The Morgan fingerprint density at radius 1 is 1.11 bits per heavy atom. The van der Waals surface area contributed by atoms with Gasteiger partial charge in [-0.3, -0.25) is 9.59 Å². The first-order chi connectivity index (χ1) is 17.2. The Hall–Kier alpha value is -2.54. The molecule has 7 heteroatoms. The van der Waals surface area contributed by atoms with Gasteiger partial charge < -0.3 is 15.1 Å². The van der Waals surface area contributed by atoms with Crippen molar-refractivity contribution in [2.75, 3.05) is 26.2 Å². The van der Waals surface area contributed by atoms with Crippen LogP contribution >= 0.6 is 0 Å². The lowest BCUT2D eigenvalue weighted by Crippen LogP contribution is -2.73. The van der Waals surface area contributed by atoms with Crippen molar-refractivity contribution in [3.05, 3.63) is 34.9 Å². The maximum atomic E-state index is 13.6. The van der Waals surface area contributed by atoms with E-state index in [1.54, 1.807) is 0 Å². The molecule has 1 spiro atoms. The monoisotopic (exact) mass is 491 g/mol. The number of carbonyl (C=O) groups is 2. The SMILES string of the molecule is CCCCN1C(=O)C(CC(C)C)NC(=O)C12CCN(CC1(c3cccc4c3C4)C(C)=NN=C1C)CC2. The van der Waals surface area contributed by atoms with Crippen LogP contribution < -0.4 is 5.32 Å². The lowest BCUT2D eigenvalue weighted by Gasteiger charge is -2.52. The zero-order valence-electron chi connectivity index (χ0n) is 22.6. The number of nitrogens with zero attached hydrogens (tertiary/aromatic N) is 4. The molecule has 1 aliphatic carbocycles. The molecule has 0 radical (unpaired) electrons. The molecule has 0 bridgehead atoms. The quantitative estimate of drug-likeness (QED) is 0.612. The number of piperazine rings is 1. The van der Waals surface area contributed by atoms with E-state index >= 15 is 0 Å². The summed E-state index contributed by atoms with van der Waals surface area (Å²) >= 11 is 0. The van der Waals surface area contributed by atoms with Gasteiger partial charge in [-0.2, -0.15) is 10.2 Å². The summed E-state index contributed by atoms with van der Waals surface area (Å²) in [5.41, 5.74) is 5.27. The zero-order valence-corrected chi connectivity index (χ0v) is 22.6. The maximum Gasteiger partial charge on any atom is 0.246 e. The average Bonchev–Trinajstić information content (AvgIpc) is 3.60. The Morgan fingerprint density at radius 2 is 1.81 bits per heavy atom. The van der Waals surface area contributed by atoms with Crippen LogP contribution in [0.15, 0.2) is 28.4 Å².